The normalized spacial score (nSPS) is 14.2. The van der Waals surface area contributed by atoms with Crippen molar-refractivity contribution in [2.45, 2.75) is 26.1 Å². The van der Waals surface area contributed by atoms with Gasteiger partial charge in [0.25, 0.3) is 5.91 Å². The Morgan fingerprint density at radius 2 is 2.27 bits per heavy atom. The van der Waals surface area contributed by atoms with Crippen LogP contribution in [0.3, 0.4) is 0 Å². The van der Waals surface area contributed by atoms with Crippen molar-refractivity contribution in [2.75, 3.05) is 13.6 Å². The zero-order valence-corrected chi connectivity index (χ0v) is 14.7. The van der Waals surface area contributed by atoms with Crippen LogP contribution < -0.4 is 0 Å². The monoisotopic (exact) mass is 351 g/mol. The Kier molecular flexibility index (Phi) is 4.53. The van der Waals surface area contributed by atoms with Crippen molar-refractivity contribution >= 4 is 5.91 Å². The Bertz CT molecular complexity index is 873. The maximum Gasteiger partial charge on any atom is 0.274 e. The van der Waals surface area contributed by atoms with E-state index in [1.807, 2.05) is 30.3 Å². The first-order valence-electron chi connectivity index (χ1n) is 8.67. The third-order valence-electron chi connectivity index (χ3n) is 4.65. The number of hydrogen-bond donors (Lipinski definition) is 1. The molecule has 0 fully saturated rings. The minimum Gasteiger partial charge on any atom is -0.468 e. The standard InChI is InChI=1S/C19H21N5O2/c1-23(11-14-5-2-3-8-20-14)19(25)18-16-13-24(9-7-17(16)21-22-18)12-15-6-4-10-26-15/h2-6,8,10H,7,9,11-13H2,1H3,(H,21,22). The van der Waals surface area contributed by atoms with Gasteiger partial charge in [0.05, 0.1) is 25.0 Å². The summed E-state index contributed by atoms with van der Waals surface area (Å²) in [6.07, 6.45) is 4.26. The average molecular weight is 351 g/mol. The van der Waals surface area contributed by atoms with Crippen LogP contribution in [0.5, 0.6) is 0 Å². The Labute approximate surface area is 151 Å². The van der Waals surface area contributed by atoms with Crippen LogP contribution in [0.1, 0.15) is 33.2 Å². The quantitative estimate of drug-likeness (QED) is 0.763. The lowest BCUT2D eigenvalue weighted by atomic mass is 10.0. The molecule has 0 unspecified atom stereocenters. The van der Waals surface area contributed by atoms with E-state index in [0.29, 0.717) is 18.8 Å². The topological polar surface area (TPSA) is 78.3 Å². The molecule has 7 nitrogen and oxygen atoms in total. The second-order valence-electron chi connectivity index (χ2n) is 6.55. The van der Waals surface area contributed by atoms with Crippen LogP contribution >= 0.6 is 0 Å². The summed E-state index contributed by atoms with van der Waals surface area (Å²) in [6.45, 7) is 2.78. The molecule has 0 aromatic carbocycles. The van der Waals surface area contributed by atoms with Gasteiger partial charge in [-0.1, -0.05) is 6.07 Å². The van der Waals surface area contributed by atoms with Crippen molar-refractivity contribution in [1.82, 2.24) is 25.0 Å². The number of amides is 1. The van der Waals surface area contributed by atoms with E-state index in [4.69, 9.17) is 4.42 Å². The lowest BCUT2D eigenvalue weighted by Crippen LogP contribution is -2.32. The summed E-state index contributed by atoms with van der Waals surface area (Å²) in [6, 6.07) is 9.56. The molecule has 0 atom stereocenters. The highest BCUT2D eigenvalue weighted by Gasteiger charge is 2.27. The lowest BCUT2D eigenvalue weighted by Gasteiger charge is -2.26. The molecule has 1 N–H and O–H groups in total. The Balaban J connectivity index is 1.48. The highest BCUT2D eigenvalue weighted by molar-refractivity contribution is 5.93. The molecule has 0 bridgehead atoms. The van der Waals surface area contributed by atoms with Crippen molar-refractivity contribution in [3.8, 4) is 0 Å². The summed E-state index contributed by atoms with van der Waals surface area (Å²) in [5.41, 5.74) is 3.39. The van der Waals surface area contributed by atoms with Gasteiger partial charge in [-0.2, -0.15) is 5.10 Å². The van der Waals surface area contributed by atoms with Crippen LogP contribution in [0.15, 0.2) is 47.2 Å². The molecule has 0 radical (unpaired) electrons. The van der Waals surface area contributed by atoms with Crippen LogP contribution in [0, 0.1) is 0 Å². The van der Waals surface area contributed by atoms with Crippen LogP contribution in [-0.2, 0) is 26.1 Å². The van der Waals surface area contributed by atoms with Gasteiger partial charge in [0.1, 0.15) is 5.76 Å². The second-order valence-corrected chi connectivity index (χ2v) is 6.55. The molecule has 26 heavy (non-hydrogen) atoms. The summed E-state index contributed by atoms with van der Waals surface area (Å²) < 4.78 is 5.44. The summed E-state index contributed by atoms with van der Waals surface area (Å²) in [7, 11) is 1.78. The van der Waals surface area contributed by atoms with Crippen molar-refractivity contribution in [1.29, 1.82) is 0 Å². The predicted molar refractivity (Wildman–Crippen MR) is 95.1 cm³/mol. The van der Waals surface area contributed by atoms with Gasteiger partial charge >= 0.3 is 0 Å². The summed E-state index contributed by atoms with van der Waals surface area (Å²) in [5, 5.41) is 7.35. The number of nitrogens with one attached hydrogen (secondary N) is 1. The number of hydrogen-bond acceptors (Lipinski definition) is 5. The predicted octanol–water partition coefficient (Wildman–Crippen LogP) is 2.23. The molecule has 134 valence electrons. The fourth-order valence-electron chi connectivity index (χ4n) is 3.27. The fraction of sp³-hybridized carbons (Fsp3) is 0.316. The third kappa shape index (κ3) is 3.39. The molecule has 0 saturated heterocycles. The van der Waals surface area contributed by atoms with Crippen LogP contribution in [0.4, 0.5) is 0 Å². The highest BCUT2D eigenvalue weighted by Crippen LogP contribution is 2.23. The summed E-state index contributed by atoms with van der Waals surface area (Å²) in [5.74, 6) is 0.838. The number of carbonyl (C=O) groups is 1. The van der Waals surface area contributed by atoms with Gasteiger partial charge in [-0.05, 0) is 24.3 Å². The number of furan rings is 1. The minimum atomic E-state index is -0.0898. The first-order chi connectivity index (χ1) is 12.7. The third-order valence-corrected chi connectivity index (χ3v) is 4.65. The SMILES string of the molecule is CN(Cc1ccccn1)C(=O)c1n[nH]c2c1CN(Cc1ccco1)CC2. The molecular formula is C19H21N5O2. The van der Waals surface area contributed by atoms with Gasteiger partial charge in [0.2, 0.25) is 0 Å². The summed E-state index contributed by atoms with van der Waals surface area (Å²) in [4.78, 5) is 21.1. The zero-order valence-electron chi connectivity index (χ0n) is 14.7. The van der Waals surface area contributed by atoms with Crippen molar-refractivity contribution in [2.24, 2.45) is 0 Å². The molecule has 1 aliphatic rings. The zero-order chi connectivity index (χ0) is 17.9. The molecule has 3 aromatic rings. The number of pyridine rings is 1. The molecule has 0 aliphatic carbocycles. The van der Waals surface area contributed by atoms with Gasteiger partial charge in [0, 0.05) is 44.0 Å². The van der Waals surface area contributed by atoms with E-state index in [1.54, 1.807) is 24.4 Å². The van der Waals surface area contributed by atoms with E-state index >= 15 is 0 Å². The molecule has 1 amide bonds. The molecule has 7 heteroatoms. The number of fused-ring (bicyclic) bond motifs is 1. The number of aromatic nitrogens is 3. The van der Waals surface area contributed by atoms with E-state index in [1.165, 1.54) is 0 Å². The molecule has 1 aliphatic heterocycles. The van der Waals surface area contributed by atoms with E-state index in [0.717, 1.165) is 42.2 Å². The Morgan fingerprint density at radius 1 is 1.35 bits per heavy atom. The van der Waals surface area contributed by atoms with E-state index in [-0.39, 0.29) is 5.91 Å². The Hall–Kier alpha value is -2.93. The number of nitrogens with zero attached hydrogens (tertiary/aromatic N) is 4. The molecule has 4 rings (SSSR count). The number of rotatable bonds is 5. The first-order valence-corrected chi connectivity index (χ1v) is 8.67. The molecule has 0 saturated carbocycles. The van der Waals surface area contributed by atoms with E-state index in [2.05, 4.69) is 20.1 Å². The van der Waals surface area contributed by atoms with Gasteiger partial charge in [-0.25, -0.2) is 0 Å². The molecule has 0 spiro atoms. The highest BCUT2D eigenvalue weighted by atomic mass is 16.3. The van der Waals surface area contributed by atoms with Gasteiger partial charge in [-0.3, -0.25) is 19.8 Å². The average Bonchev–Trinajstić information content (AvgIpc) is 3.31. The van der Waals surface area contributed by atoms with Gasteiger partial charge in [0.15, 0.2) is 5.69 Å². The number of aromatic amines is 1. The Morgan fingerprint density at radius 3 is 3.04 bits per heavy atom. The lowest BCUT2D eigenvalue weighted by molar-refractivity contribution is 0.0774. The van der Waals surface area contributed by atoms with E-state index < -0.39 is 0 Å². The molecule has 3 aromatic heterocycles. The number of carbonyl (C=O) groups excluding carboxylic acids is 1. The summed E-state index contributed by atoms with van der Waals surface area (Å²) >= 11 is 0. The maximum absolute atomic E-state index is 12.9. The second kappa shape index (κ2) is 7.13. The van der Waals surface area contributed by atoms with Gasteiger partial charge < -0.3 is 9.32 Å². The minimum absolute atomic E-state index is 0.0898. The maximum atomic E-state index is 12.9. The first kappa shape index (κ1) is 16.5. The largest absolute Gasteiger partial charge is 0.468 e. The molecular weight excluding hydrogens is 330 g/mol. The smallest absolute Gasteiger partial charge is 0.274 e. The van der Waals surface area contributed by atoms with Gasteiger partial charge in [-0.15, -0.1) is 0 Å². The van der Waals surface area contributed by atoms with Crippen molar-refractivity contribution < 1.29 is 9.21 Å². The van der Waals surface area contributed by atoms with Crippen molar-refractivity contribution in [3.05, 3.63) is 71.2 Å². The van der Waals surface area contributed by atoms with Crippen LogP contribution in [-0.4, -0.2) is 44.5 Å². The fourth-order valence-corrected chi connectivity index (χ4v) is 3.27. The molecule has 4 heterocycles. The van der Waals surface area contributed by atoms with Crippen LogP contribution in [0.2, 0.25) is 0 Å². The van der Waals surface area contributed by atoms with E-state index in [9.17, 15) is 4.79 Å². The number of H-pyrrole nitrogens is 1. The van der Waals surface area contributed by atoms with Crippen molar-refractivity contribution in [3.63, 3.8) is 0 Å². The van der Waals surface area contributed by atoms with Crippen LogP contribution in [0.25, 0.3) is 0 Å².